The predicted octanol–water partition coefficient (Wildman–Crippen LogP) is -0.176. The minimum atomic E-state index is -1.33. The van der Waals surface area contributed by atoms with E-state index in [4.69, 9.17) is 10.2 Å². The number of aliphatic carboxylic acids is 2. The van der Waals surface area contributed by atoms with Gasteiger partial charge in [-0.05, 0) is 25.7 Å². The Balaban J connectivity index is 5.21. The van der Waals surface area contributed by atoms with Crippen LogP contribution < -0.4 is 21.3 Å². The first-order valence-electron chi connectivity index (χ1n) is 12.0. The predicted molar refractivity (Wildman–Crippen MR) is 132 cm³/mol. The minimum Gasteiger partial charge on any atom is -0.481 e. The standard InChI is InChI=1S/C24H40N4O9/c1-12(2)20(34)13(3)26-21(35)14(4)27-23(37)16(8-9-18(30)31)28-17(29)11-25-22(36)15(10-19(32)33)24(5,6)7/h12-16H,8-11H2,1-7H3,(H,25,36)(H,26,35)(H,27,37)(H,28,29)(H,30,31)(H,32,33)/t13-,14-,15?,16-/m0/s1. The minimum absolute atomic E-state index is 0.197. The summed E-state index contributed by atoms with van der Waals surface area (Å²) in [6, 6.07) is -3.21. The highest BCUT2D eigenvalue weighted by atomic mass is 16.4. The van der Waals surface area contributed by atoms with E-state index < -0.39 is 84.4 Å². The van der Waals surface area contributed by atoms with Gasteiger partial charge in [-0.2, -0.15) is 0 Å². The van der Waals surface area contributed by atoms with Crippen LogP contribution in [0.4, 0.5) is 0 Å². The zero-order chi connectivity index (χ0) is 29.1. The van der Waals surface area contributed by atoms with Gasteiger partial charge in [0.1, 0.15) is 12.1 Å². The van der Waals surface area contributed by atoms with E-state index in [1.807, 2.05) is 0 Å². The molecule has 0 aliphatic rings. The van der Waals surface area contributed by atoms with Crippen molar-refractivity contribution in [3.8, 4) is 0 Å². The van der Waals surface area contributed by atoms with Gasteiger partial charge in [0.25, 0.3) is 0 Å². The van der Waals surface area contributed by atoms with E-state index in [0.29, 0.717) is 0 Å². The lowest BCUT2D eigenvalue weighted by atomic mass is 9.78. The van der Waals surface area contributed by atoms with Crippen LogP contribution in [0.2, 0.25) is 0 Å². The van der Waals surface area contributed by atoms with Gasteiger partial charge in [0.15, 0.2) is 5.78 Å². The Morgan fingerprint density at radius 3 is 1.73 bits per heavy atom. The summed E-state index contributed by atoms with van der Waals surface area (Å²) in [5, 5.41) is 27.6. The second-order valence-electron chi connectivity index (χ2n) is 10.3. The fourth-order valence-corrected chi connectivity index (χ4v) is 3.33. The Bertz CT molecular complexity index is 880. The van der Waals surface area contributed by atoms with Crippen molar-refractivity contribution in [3.05, 3.63) is 0 Å². The van der Waals surface area contributed by atoms with E-state index in [9.17, 15) is 33.6 Å². The maximum atomic E-state index is 12.7. The average molecular weight is 529 g/mol. The van der Waals surface area contributed by atoms with Crippen LogP contribution in [0.15, 0.2) is 0 Å². The van der Waals surface area contributed by atoms with E-state index in [0.717, 1.165) is 0 Å². The normalized spacial score (nSPS) is 14.5. The number of ketones is 1. The molecule has 0 aromatic carbocycles. The summed E-state index contributed by atoms with van der Waals surface area (Å²) in [5.74, 6) is -6.76. The number of carboxylic acid groups (broad SMARTS) is 2. The summed E-state index contributed by atoms with van der Waals surface area (Å²) in [6.45, 7) is 10.7. The third-order valence-electron chi connectivity index (χ3n) is 5.57. The van der Waals surface area contributed by atoms with Crippen LogP contribution in [0.25, 0.3) is 0 Å². The van der Waals surface area contributed by atoms with Crippen molar-refractivity contribution in [1.82, 2.24) is 21.3 Å². The number of hydrogen-bond donors (Lipinski definition) is 6. The van der Waals surface area contributed by atoms with E-state index >= 15 is 0 Å². The molecule has 13 heteroatoms. The molecular weight excluding hydrogens is 488 g/mol. The molecule has 0 saturated heterocycles. The molecule has 0 bridgehead atoms. The lowest BCUT2D eigenvalue weighted by Gasteiger charge is -2.28. The second-order valence-corrected chi connectivity index (χ2v) is 10.3. The van der Waals surface area contributed by atoms with Gasteiger partial charge in [-0.25, -0.2) is 0 Å². The van der Waals surface area contributed by atoms with Gasteiger partial charge in [0.2, 0.25) is 23.6 Å². The first kappa shape index (κ1) is 33.5. The van der Waals surface area contributed by atoms with Crippen LogP contribution >= 0.6 is 0 Å². The summed E-state index contributed by atoms with van der Waals surface area (Å²) < 4.78 is 0. The molecule has 0 aliphatic carbocycles. The van der Waals surface area contributed by atoms with Gasteiger partial charge in [0, 0.05) is 12.3 Å². The van der Waals surface area contributed by atoms with Crippen molar-refractivity contribution < 1.29 is 43.8 Å². The molecule has 0 radical (unpaired) electrons. The Morgan fingerprint density at radius 2 is 1.27 bits per heavy atom. The number of nitrogens with one attached hydrogen (secondary N) is 4. The van der Waals surface area contributed by atoms with Crippen molar-refractivity contribution in [1.29, 1.82) is 0 Å². The number of carboxylic acids is 2. The fourth-order valence-electron chi connectivity index (χ4n) is 3.33. The Labute approximate surface area is 216 Å². The van der Waals surface area contributed by atoms with Crippen LogP contribution in [-0.2, 0) is 33.6 Å². The third-order valence-corrected chi connectivity index (χ3v) is 5.57. The van der Waals surface area contributed by atoms with Gasteiger partial charge in [-0.3, -0.25) is 33.6 Å². The molecule has 4 amide bonds. The molecule has 0 spiro atoms. The van der Waals surface area contributed by atoms with Gasteiger partial charge >= 0.3 is 11.9 Å². The molecule has 0 saturated carbocycles. The number of rotatable bonds is 15. The van der Waals surface area contributed by atoms with Gasteiger partial charge < -0.3 is 31.5 Å². The molecule has 0 fully saturated rings. The van der Waals surface area contributed by atoms with E-state index in [1.165, 1.54) is 13.8 Å². The summed E-state index contributed by atoms with van der Waals surface area (Å²) in [5.41, 5.74) is -0.698. The van der Waals surface area contributed by atoms with Gasteiger partial charge in [-0.15, -0.1) is 0 Å². The number of Topliss-reactive ketones (excluding diaryl/α,β-unsaturated/α-hetero) is 1. The molecule has 0 heterocycles. The topological polar surface area (TPSA) is 208 Å². The number of amides is 4. The molecule has 13 nitrogen and oxygen atoms in total. The van der Waals surface area contributed by atoms with Crippen LogP contribution in [-0.4, -0.2) is 76.2 Å². The lowest BCUT2D eigenvalue weighted by molar-refractivity contribution is -0.143. The highest BCUT2D eigenvalue weighted by Gasteiger charge is 2.34. The third kappa shape index (κ3) is 12.8. The highest BCUT2D eigenvalue weighted by Crippen LogP contribution is 2.28. The van der Waals surface area contributed by atoms with Crippen LogP contribution in [0.1, 0.15) is 67.7 Å². The second kappa shape index (κ2) is 14.9. The number of hydrogen-bond acceptors (Lipinski definition) is 7. The monoisotopic (exact) mass is 528 g/mol. The van der Waals surface area contributed by atoms with Crippen molar-refractivity contribution in [2.75, 3.05) is 6.54 Å². The smallest absolute Gasteiger partial charge is 0.304 e. The zero-order valence-corrected chi connectivity index (χ0v) is 22.5. The quantitative estimate of drug-likeness (QED) is 0.166. The van der Waals surface area contributed by atoms with Crippen LogP contribution in [0, 0.1) is 17.3 Å². The van der Waals surface area contributed by atoms with Crippen molar-refractivity contribution in [3.63, 3.8) is 0 Å². The number of carbonyl (C=O) groups is 7. The molecule has 37 heavy (non-hydrogen) atoms. The number of carbonyl (C=O) groups excluding carboxylic acids is 5. The molecule has 210 valence electrons. The van der Waals surface area contributed by atoms with Crippen LogP contribution in [0.3, 0.4) is 0 Å². The fraction of sp³-hybridized carbons (Fsp3) is 0.708. The summed E-state index contributed by atoms with van der Waals surface area (Å²) in [7, 11) is 0. The summed E-state index contributed by atoms with van der Waals surface area (Å²) in [6.07, 6.45) is -1.20. The summed E-state index contributed by atoms with van der Waals surface area (Å²) in [4.78, 5) is 84.1. The van der Waals surface area contributed by atoms with Gasteiger partial charge in [-0.1, -0.05) is 34.6 Å². The van der Waals surface area contributed by atoms with Crippen molar-refractivity contribution >= 4 is 41.4 Å². The Morgan fingerprint density at radius 1 is 0.730 bits per heavy atom. The van der Waals surface area contributed by atoms with E-state index in [-0.39, 0.29) is 18.1 Å². The van der Waals surface area contributed by atoms with Gasteiger partial charge in [0.05, 0.1) is 24.9 Å². The van der Waals surface area contributed by atoms with Crippen molar-refractivity contribution in [2.24, 2.45) is 17.3 Å². The maximum absolute atomic E-state index is 12.7. The first-order chi connectivity index (χ1) is 16.9. The first-order valence-corrected chi connectivity index (χ1v) is 12.0. The molecule has 0 aromatic rings. The van der Waals surface area contributed by atoms with E-state index in [2.05, 4.69) is 21.3 Å². The SMILES string of the molecule is CC(C)C(=O)[C@H](C)NC(=O)[C@H](C)NC(=O)[C@H](CCC(=O)O)NC(=O)CNC(=O)C(CC(=O)O)C(C)(C)C. The lowest BCUT2D eigenvalue weighted by Crippen LogP contribution is -2.55. The van der Waals surface area contributed by atoms with Crippen molar-refractivity contribution in [2.45, 2.75) is 85.9 Å². The Hall–Kier alpha value is -3.51. The zero-order valence-electron chi connectivity index (χ0n) is 22.5. The molecule has 0 aromatic heterocycles. The maximum Gasteiger partial charge on any atom is 0.304 e. The molecule has 4 atom stereocenters. The molecule has 1 unspecified atom stereocenters. The molecule has 6 N–H and O–H groups in total. The molecular formula is C24H40N4O9. The largest absolute Gasteiger partial charge is 0.481 e. The summed E-state index contributed by atoms with van der Waals surface area (Å²) >= 11 is 0. The highest BCUT2D eigenvalue weighted by molar-refractivity contribution is 5.95. The molecule has 0 rings (SSSR count). The van der Waals surface area contributed by atoms with E-state index in [1.54, 1.807) is 34.6 Å². The molecule has 0 aliphatic heterocycles. The average Bonchev–Trinajstić information content (AvgIpc) is 2.76. The van der Waals surface area contributed by atoms with Crippen LogP contribution in [0.5, 0.6) is 0 Å². The Kier molecular flexibility index (Phi) is 13.5.